The summed E-state index contributed by atoms with van der Waals surface area (Å²) in [5.41, 5.74) is -2.01. The number of halogens is 3. The fraction of sp³-hybridized carbons (Fsp3) is 0.500. The molecule has 1 aromatic carbocycles. The molecule has 2 atom stereocenters. The van der Waals surface area contributed by atoms with E-state index in [0.29, 0.717) is 6.42 Å². The van der Waals surface area contributed by atoms with E-state index in [2.05, 4.69) is 0 Å². The van der Waals surface area contributed by atoms with Gasteiger partial charge in [-0.1, -0.05) is 13.0 Å². The minimum atomic E-state index is -4.80. The summed E-state index contributed by atoms with van der Waals surface area (Å²) in [5.74, 6) is -0.484. The summed E-state index contributed by atoms with van der Waals surface area (Å²) >= 11 is 0. The van der Waals surface area contributed by atoms with Gasteiger partial charge in [-0.2, -0.15) is 13.2 Å². The Morgan fingerprint density at radius 3 is 2.37 bits per heavy atom. The second-order valence-electron chi connectivity index (χ2n) is 4.29. The molecule has 2 unspecified atom stereocenters. The average molecular weight is 277 g/mol. The lowest BCUT2D eigenvalue weighted by Gasteiger charge is -2.19. The first-order chi connectivity index (χ1) is 8.68. The van der Waals surface area contributed by atoms with Crippen LogP contribution in [-0.4, -0.2) is 16.1 Å². The Kier molecular flexibility index (Phi) is 4.52. The van der Waals surface area contributed by atoms with E-state index in [1.807, 2.05) is 0 Å². The molecule has 0 aliphatic carbocycles. The van der Waals surface area contributed by atoms with E-state index in [0.717, 1.165) is 12.1 Å². The summed E-state index contributed by atoms with van der Waals surface area (Å²) in [6.45, 7) is 3.20. The quantitative estimate of drug-likeness (QED) is 0.676. The van der Waals surface area contributed by atoms with Gasteiger partial charge < -0.3 is 5.11 Å². The first-order valence-corrected chi connectivity index (χ1v) is 5.72. The van der Waals surface area contributed by atoms with Crippen molar-refractivity contribution in [2.75, 3.05) is 0 Å². The van der Waals surface area contributed by atoms with Crippen LogP contribution in [0, 0.1) is 10.1 Å². The summed E-state index contributed by atoms with van der Waals surface area (Å²) in [6.07, 6.45) is -5.19. The third-order valence-corrected chi connectivity index (χ3v) is 2.97. The number of aliphatic hydroxyl groups is 1. The van der Waals surface area contributed by atoms with Crippen molar-refractivity contribution in [1.82, 2.24) is 0 Å². The van der Waals surface area contributed by atoms with Crippen LogP contribution in [0.4, 0.5) is 18.9 Å². The highest BCUT2D eigenvalue weighted by Gasteiger charge is 2.38. The summed E-state index contributed by atoms with van der Waals surface area (Å²) < 4.78 is 38.4. The van der Waals surface area contributed by atoms with Crippen LogP contribution in [0.3, 0.4) is 0 Å². The van der Waals surface area contributed by atoms with Gasteiger partial charge in [0, 0.05) is 12.0 Å². The van der Waals surface area contributed by atoms with Crippen molar-refractivity contribution in [3.63, 3.8) is 0 Å². The molecule has 7 heteroatoms. The van der Waals surface area contributed by atoms with Crippen molar-refractivity contribution in [2.45, 2.75) is 38.5 Å². The van der Waals surface area contributed by atoms with Gasteiger partial charge >= 0.3 is 6.18 Å². The SMILES string of the molecule is CCC(c1ccc([N+](=O)[O-])c(C(F)(F)F)c1)C(C)O. The predicted octanol–water partition coefficient (Wildman–Crippen LogP) is 3.49. The van der Waals surface area contributed by atoms with Gasteiger partial charge in [0.15, 0.2) is 0 Å². The third kappa shape index (κ3) is 3.44. The van der Waals surface area contributed by atoms with Crippen molar-refractivity contribution < 1.29 is 23.2 Å². The summed E-state index contributed by atoms with van der Waals surface area (Å²) in [4.78, 5) is 9.55. The van der Waals surface area contributed by atoms with Crippen molar-refractivity contribution in [3.8, 4) is 0 Å². The molecule has 1 aromatic rings. The number of benzene rings is 1. The monoisotopic (exact) mass is 277 g/mol. The second-order valence-corrected chi connectivity index (χ2v) is 4.29. The molecule has 4 nitrogen and oxygen atoms in total. The molecule has 0 saturated carbocycles. The molecule has 106 valence electrons. The normalized spacial score (nSPS) is 15.1. The van der Waals surface area contributed by atoms with Gasteiger partial charge in [-0.05, 0) is 25.0 Å². The van der Waals surface area contributed by atoms with E-state index in [1.54, 1.807) is 6.92 Å². The summed E-state index contributed by atoms with van der Waals surface area (Å²) in [5, 5.41) is 20.1. The Bertz CT molecular complexity index is 472. The zero-order chi connectivity index (χ0) is 14.8. The highest BCUT2D eigenvalue weighted by atomic mass is 19.4. The van der Waals surface area contributed by atoms with Gasteiger partial charge in [0.1, 0.15) is 5.56 Å². The maximum atomic E-state index is 12.8. The smallest absolute Gasteiger partial charge is 0.393 e. The highest BCUT2D eigenvalue weighted by Crippen LogP contribution is 2.38. The Labute approximate surface area is 108 Å². The number of rotatable bonds is 4. The minimum Gasteiger partial charge on any atom is -0.393 e. The summed E-state index contributed by atoms with van der Waals surface area (Å²) in [6, 6.07) is 2.84. The molecule has 1 N–H and O–H groups in total. The van der Waals surface area contributed by atoms with Gasteiger partial charge in [0.05, 0.1) is 11.0 Å². The zero-order valence-corrected chi connectivity index (χ0v) is 10.4. The Morgan fingerprint density at radius 2 is 2.00 bits per heavy atom. The molecule has 1 rings (SSSR count). The Hall–Kier alpha value is -1.63. The van der Waals surface area contributed by atoms with Crippen LogP contribution in [0.15, 0.2) is 18.2 Å². The topological polar surface area (TPSA) is 63.4 Å². The van der Waals surface area contributed by atoms with Gasteiger partial charge in [-0.3, -0.25) is 10.1 Å². The largest absolute Gasteiger partial charge is 0.423 e. The molecule has 0 radical (unpaired) electrons. The molecular weight excluding hydrogens is 263 g/mol. The van der Waals surface area contributed by atoms with Crippen LogP contribution in [0.25, 0.3) is 0 Å². The summed E-state index contributed by atoms with van der Waals surface area (Å²) in [7, 11) is 0. The van der Waals surface area contributed by atoms with Crippen LogP contribution in [0.2, 0.25) is 0 Å². The van der Waals surface area contributed by atoms with Crippen LogP contribution in [0.5, 0.6) is 0 Å². The van der Waals surface area contributed by atoms with E-state index in [1.165, 1.54) is 13.0 Å². The maximum Gasteiger partial charge on any atom is 0.423 e. The lowest BCUT2D eigenvalue weighted by molar-refractivity contribution is -0.388. The average Bonchev–Trinajstić information content (AvgIpc) is 2.27. The highest BCUT2D eigenvalue weighted by molar-refractivity contribution is 5.45. The molecule has 0 spiro atoms. The molecule has 0 aromatic heterocycles. The third-order valence-electron chi connectivity index (χ3n) is 2.97. The molecule has 0 fully saturated rings. The van der Waals surface area contributed by atoms with E-state index in [-0.39, 0.29) is 5.56 Å². The number of nitrogens with zero attached hydrogens (tertiary/aromatic N) is 1. The zero-order valence-electron chi connectivity index (χ0n) is 10.4. The first-order valence-electron chi connectivity index (χ1n) is 5.72. The Morgan fingerprint density at radius 1 is 1.42 bits per heavy atom. The number of hydrogen-bond acceptors (Lipinski definition) is 3. The minimum absolute atomic E-state index is 0.246. The van der Waals surface area contributed by atoms with Gasteiger partial charge in [0.25, 0.3) is 5.69 Å². The van der Waals surface area contributed by atoms with Crippen LogP contribution in [0.1, 0.15) is 37.3 Å². The molecule has 0 heterocycles. The van der Waals surface area contributed by atoms with E-state index in [4.69, 9.17) is 0 Å². The number of aliphatic hydroxyl groups excluding tert-OH is 1. The molecule has 19 heavy (non-hydrogen) atoms. The van der Waals surface area contributed by atoms with Crippen LogP contribution < -0.4 is 0 Å². The van der Waals surface area contributed by atoms with Crippen LogP contribution >= 0.6 is 0 Å². The van der Waals surface area contributed by atoms with Crippen molar-refractivity contribution in [2.24, 2.45) is 0 Å². The fourth-order valence-electron chi connectivity index (χ4n) is 2.03. The molecule has 0 saturated heterocycles. The van der Waals surface area contributed by atoms with Crippen molar-refractivity contribution in [3.05, 3.63) is 39.4 Å². The number of alkyl halides is 3. The maximum absolute atomic E-state index is 12.8. The van der Waals surface area contributed by atoms with E-state index < -0.39 is 34.4 Å². The lowest BCUT2D eigenvalue weighted by Crippen LogP contribution is -2.16. The molecular formula is C12H14F3NO3. The van der Waals surface area contributed by atoms with Crippen LogP contribution in [-0.2, 0) is 6.18 Å². The number of hydrogen-bond donors (Lipinski definition) is 1. The molecule has 0 aliphatic rings. The first kappa shape index (κ1) is 15.4. The van der Waals surface area contributed by atoms with Crippen molar-refractivity contribution in [1.29, 1.82) is 0 Å². The molecule has 0 bridgehead atoms. The second kappa shape index (κ2) is 5.56. The number of nitro benzene ring substituents is 1. The predicted molar refractivity (Wildman–Crippen MR) is 62.8 cm³/mol. The van der Waals surface area contributed by atoms with Gasteiger partial charge in [0.2, 0.25) is 0 Å². The van der Waals surface area contributed by atoms with Gasteiger partial charge in [-0.25, -0.2) is 0 Å². The standard InChI is InChI=1S/C12H14F3NO3/c1-3-9(7(2)17)8-4-5-11(16(18)19)10(6-8)12(13,14)15/h4-7,9,17H,3H2,1-2H3. The lowest BCUT2D eigenvalue weighted by atomic mass is 9.90. The van der Waals surface area contributed by atoms with Gasteiger partial charge in [-0.15, -0.1) is 0 Å². The van der Waals surface area contributed by atoms with E-state index in [9.17, 15) is 28.4 Å². The van der Waals surface area contributed by atoms with E-state index >= 15 is 0 Å². The fourth-order valence-corrected chi connectivity index (χ4v) is 2.03. The molecule has 0 amide bonds. The van der Waals surface area contributed by atoms with Crippen molar-refractivity contribution >= 4 is 5.69 Å². The number of nitro groups is 1. The Balaban J connectivity index is 3.37. The molecule has 0 aliphatic heterocycles.